The molecule has 2 aromatic heterocycles. The molecule has 0 radical (unpaired) electrons. The fourth-order valence-corrected chi connectivity index (χ4v) is 5.49. The van der Waals surface area contributed by atoms with Gasteiger partial charge >= 0.3 is 0 Å². The second-order valence-corrected chi connectivity index (χ2v) is 11.0. The van der Waals surface area contributed by atoms with Crippen molar-refractivity contribution in [2.24, 2.45) is 10.8 Å². The van der Waals surface area contributed by atoms with Gasteiger partial charge in [0.25, 0.3) is 0 Å². The molecule has 0 aliphatic carbocycles. The largest absolute Gasteiger partial charge is 0.507 e. The van der Waals surface area contributed by atoms with Crippen LogP contribution in [-0.4, -0.2) is 79.6 Å². The number of anilines is 1. The van der Waals surface area contributed by atoms with E-state index < -0.39 is 5.82 Å². The zero-order valence-electron chi connectivity index (χ0n) is 22.6. The van der Waals surface area contributed by atoms with Gasteiger partial charge in [0.15, 0.2) is 16.4 Å². The van der Waals surface area contributed by atoms with Crippen molar-refractivity contribution in [3.63, 3.8) is 0 Å². The molecule has 2 aromatic carbocycles. The van der Waals surface area contributed by atoms with E-state index in [9.17, 15) is 9.90 Å². The van der Waals surface area contributed by atoms with Crippen LogP contribution in [0.4, 0.5) is 10.1 Å². The first kappa shape index (κ1) is 28.5. The number of benzene rings is 2. The molecule has 0 amide bonds. The van der Waals surface area contributed by atoms with Crippen LogP contribution >= 0.6 is 24.0 Å². The first-order valence-corrected chi connectivity index (χ1v) is 14.4. The number of phenols is 1. The average molecular weight is 596 g/mol. The number of piperazine rings is 1. The number of nitrogens with one attached hydrogen (secondary N) is 2. The molecule has 3 heterocycles. The highest BCUT2D eigenvalue weighted by Crippen LogP contribution is 2.28. The number of thiocarbonyl (C=S) groups is 1. The number of pyridine rings is 1. The lowest BCUT2D eigenvalue weighted by atomic mass is 10.1. The van der Waals surface area contributed by atoms with E-state index in [2.05, 4.69) is 30.6 Å². The third-order valence-electron chi connectivity index (χ3n) is 6.91. The highest BCUT2D eigenvalue weighted by atomic mass is 32.2. The van der Waals surface area contributed by atoms with Crippen molar-refractivity contribution in [3.8, 4) is 17.1 Å². The Morgan fingerprint density at radius 3 is 2.73 bits per heavy atom. The normalized spacial score (nSPS) is 14.5. The average Bonchev–Trinajstić information content (AvgIpc) is 3.43. The van der Waals surface area contributed by atoms with E-state index in [4.69, 9.17) is 18.0 Å². The summed E-state index contributed by atoms with van der Waals surface area (Å²) in [5.74, 6) is 0.162. The summed E-state index contributed by atoms with van der Waals surface area (Å²) in [5, 5.41) is 22.2. The number of likely N-dealkylation sites (N-methyl/N-ethyl adjacent to an activating group) is 1. The Morgan fingerprint density at radius 2 is 2.02 bits per heavy atom. The summed E-state index contributed by atoms with van der Waals surface area (Å²) < 4.78 is 17.2. The van der Waals surface area contributed by atoms with Crippen molar-refractivity contribution in [3.05, 3.63) is 64.2 Å². The minimum absolute atomic E-state index is 0.0151. The van der Waals surface area contributed by atoms with Gasteiger partial charge in [-0.05, 0) is 50.5 Å². The van der Waals surface area contributed by atoms with Gasteiger partial charge in [-0.2, -0.15) is 5.10 Å². The van der Waals surface area contributed by atoms with Gasteiger partial charge in [-0.25, -0.2) is 9.37 Å². The van der Waals surface area contributed by atoms with Crippen LogP contribution in [0.2, 0.25) is 0 Å². The molecule has 5 rings (SSSR count). The highest BCUT2D eigenvalue weighted by Gasteiger charge is 2.21. The SMILES string of the molecule is CCn1cc(-c2nc(SC/C(=N/NC(N)=S)c3ccccc3O)n[nH]2)c(=O)c2cc(F)c(N3CCN(C)CC3)cc21. The van der Waals surface area contributed by atoms with Crippen molar-refractivity contribution in [2.75, 3.05) is 43.9 Å². The molecule has 11 nitrogen and oxygen atoms in total. The number of nitrogens with zero attached hydrogens (tertiary/aromatic N) is 6. The van der Waals surface area contributed by atoms with Crippen molar-refractivity contribution in [1.29, 1.82) is 0 Å². The van der Waals surface area contributed by atoms with Crippen LogP contribution < -0.4 is 21.5 Å². The van der Waals surface area contributed by atoms with E-state index in [0.29, 0.717) is 34.2 Å². The predicted octanol–water partition coefficient (Wildman–Crippen LogP) is 2.73. The van der Waals surface area contributed by atoms with E-state index in [1.807, 2.05) is 23.4 Å². The molecule has 41 heavy (non-hydrogen) atoms. The summed E-state index contributed by atoms with van der Waals surface area (Å²) in [5.41, 5.74) is 10.2. The molecule has 1 saturated heterocycles. The van der Waals surface area contributed by atoms with E-state index >= 15 is 4.39 Å². The smallest absolute Gasteiger partial charge is 0.209 e. The number of aryl methyl sites for hydroxylation is 1. The maximum atomic E-state index is 15.3. The number of rotatable bonds is 8. The summed E-state index contributed by atoms with van der Waals surface area (Å²) in [6.07, 6.45) is 1.73. The zero-order chi connectivity index (χ0) is 29.1. The van der Waals surface area contributed by atoms with E-state index in [1.165, 1.54) is 17.8 Å². The predicted molar refractivity (Wildman–Crippen MR) is 164 cm³/mol. The van der Waals surface area contributed by atoms with Crippen LogP contribution in [0.3, 0.4) is 0 Å². The number of nitrogens with two attached hydrogens (primary N) is 1. The number of phenolic OH excluding ortho intramolecular Hbond substituents is 1. The van der Waals surface area contributed by atoms with Gasteiger partial charge in [-0.15, -0.1) is 5.10 Å². The monoisotopic (exact) mass is 595 g/mol. The second-order valence-electron chi connectivity index (χ2n) is 9.58. The van der Waals surface area contributed by atoms with Crippen LogP contribution in [0.1, 0.15) is 12.5 Å². The Balaban J connectivity index is 1.43. The molecule has 0 atom stereocenters. The number of aromatic amines is 1. The number of halogens is 1. The van der Waals surface area contributed by atoms with Crippen molar-refractivity contribution in [1.82, 2.24) is 30.1 Å². The van der Waals surface area contributed by atoms with Crippen molar-refractivity contribution >= 4 is 51.4 Å². The Hall–Kier alpha value is -4.01. The number of hydrogen-bond donors (Lipinski definition) is 4. The molecule has 14 heteroatoms. The summed E-state index contributed by atoms with van der Waals surface area (Å²) in [6.45, 7) is 5.67. The number of hydrogen-bond acceptors (Lipinski definition) is 9. The molecule has 0 bridgehead atoms. The molecular formula is C27H30FN9O2S2. The Bertz CT molecular complexity index is 1680. The quantitative estimate of drug-likeness (QED) is 0.104. The van der Waals surface area contributed by atoms with Gasteiger partial charge in [0.2, 0.25) is 5.16 Å². The number of fused-ring (bicyclic) bond motifs is 1. The molecule has 0 saturated carbocycles. The lowest BCUT2D eigenvalue weighted by Crippen LogP contribution is -2.44. The van der Waals surface area contributed by atoms with E-state index in [1.54, 1.807) is 36.5 Å². The third-order valence-corrected chi connectivity index (χ3v) is 7.86. The van der Waals surface area contributed by atoms with E-state index in [-0.39, 0.29) is 38.8 Å². The Morgan fingerprint density at radius 1 is 1.27 bits per heavy atom. The van der Waals surface area contributed by atoms with E-state index in [0.717, 1.165) is 26.2 Å². The Labute approximate surface area is 245 Å². The molecule has 0 unspecified atom stereocenters. The number of para-hydroxylation sites is 1. The standard InChI is InChI=1S/C27H30FN9O2S2/c1-3-36-14-18(24(39)17-12-19(28)22(13-21(17)36)37-10-8-35(2)9-11-37)25-30-27(34-32-25)41-15-20(31-33-26(29)40)16-6-4-5-7-23(16)38/h4-7,12-14,38H,3,8-11,15H2,1-2H3,(H3,29,33,40)(H,30,32,34)/b31-20-. The fraction of sp³-hybridized carbons (Fsp3) is 0.296. The number of aromatic nitrogens is 4. The number of hydrazone groups is 1. The van der Waals surface area contributed by atoms with Crippen LogP contribution in [0.25, 0.3) is 22.3 Å². The summed E-state index contributed by atoms with van der Waals surface area (Å²) in [6, 6.07) is 9.85. The maximum absolute atomic E-state index is 15.3. The number of H-pyrrole nitrogens is 1. The molecule has 214 valence electrons. The number of thioether (sulfide) groups is 1. The third kappa shape index (κ3) is 6.19. The first-order chi connectivity index (χ1) is 19.7. The summed E-state index contributed by atoms with van der Waals surface area (Å²) in [4.78, 5) is 22.3. The van der Waals surface area contributed by atoms with Crippen molar-refractivity contribution < 1.29 is 9.50 Å². The molecular weight excluding hydrogens is 565 g/mol. The van der Waals surface area contributed by atoms with Crippen LogP contribution in [0, 0.1) is 5.82 Å². The molecule has 4 aromatic rings. The summed E-state index contributed by atoms with van der Waals surface area (Å²) in [7, 11) is 2.05. The molecule has 1 fully saturated rings. The minimum atomic E-state index is -0.422. The molecule has 0 spiro atoms. The zero-order valence-corrected chi connectivity index (χ0v) is 24.2. The Kier molecular flexibility index (Phi) is 8.52. The van der Waals surface area contributed by atoms with Gasteiger partial charge in [0.05, 0.1) is 22.5 Å². The highest BCUT2D eigenvalue weighted by molar-refractivity contribution is 7.99. The topological polar surface area (TPSA) is 141 Å². The number of aromatic hydroxyl groups is 1. The van der Waals surface area contributed by atoms with Crippen LogP contribution in [-0.2, 0) is 6.54 Å². The lowest BCUT2D eigenvalue weighted by Gasteiger charge is -2.34. The summed E-state index contributed by atoms with van der Waals surface area (Å²) >= 11 is 6.09. The molecule has 1 aliphatic heterocycles. The van der Waals surface area contributed by atoms with Crippen molar-refractivity contribution in [2.45, 2.75) is 18.6 Å². The minimum Gasteiger partial charge on any atom is -0.507 e. The van der Waals surface area contributed by atoms with Gasteiger partial charge in [-0.1, -0.05) is 23.9 Å². The van der Waals surface area contributed by atoms with Gasteiger partial charge in [-0.3, -0.25) is 15.3 Å². The first-order valence-electron chi connectivity index (χ1n) is 13.0. The van der Waals surface area contributed by atoms with Gasteiger partial charge in [0.1, 0.15) is 11.6 Å². The van der Waals surface area contributed by atoms with Crippen LogP contribution in [0.5, 0.6) is 5.75 Å². The van der Waals surface area contributed by atoms with Gasteiger partial charge in [0, 0.05) is 55.6 Å². The fourth-order valence-electron chi connectivity index (χ4n) is 4.69. The maximum Gasteiger partial charge on any atom is 0.209 e. The molecule has 1 aliphatic rings. The second kappa shape index (κ2) is 12.2. The van der Waals surface area contributed by atoms with Crippen LogP contribution in [0.15, 0.2) is 57.6 Å². The lowest BCUT2D eigenvalue weighted by molar-refractivity contribution is 0.312. The molecule has 5 N–H and O–H groups in total. The van der Waals surface area contributed by atoms with Gasteiger partial charge < -0.3 is 25.2 Å².